The number of Topliss-reactive ketones (excluding diaryl/α,β-unsaturated/α-hetero) is 1. The van der Waals surface area contributed by atoms with Gasteiger partial charge in [0.2, 0.25) is 5.91 Å². The summed E-state index contributed by atoms with van der Waals surface area (Å²) in [7, 11) is 1.66. The Hall–Kier alpha value is -2.14. The first-order valence-corrected chi connectivity index (χ1v) is 14.3. The highest BCUT2D eigenvalue weighted by atomic mass is 16.5. The van der Waals surface area contributed by atoms with E-state index in [1.807, 2.05) is 18.2 Å². The molecule has 2 aliphatic rings. The molecule has 2 aliphatic carbocycles. The quantitative estimate of drug-likeness (QED) is 0.186. The number of rotatable bonds is 17. The number of nitrogens with one attached hydrogen (secondary N) is 1. The molecule has 1 amide bonds. The highest BCUT2D eigenvalue weighted by Gasteiger charge is 2.34. The van der Waals surface area contributed by atoms with Crippen LogP contribution in [0.2, 0.25) is 0 Å². The number of ketones is 1. The Morgan fingerprint density at radius 2 is 1.83 bits per heavy atom. The van der Waals surface area contributed by atoms with E-state index in [9.17, 15) is 14.7 Å². The van der Waals surface area contributed by atoms with E-state index in [2.05, 4.69) is 30.4 Å². The monoisotopic (exact) mass is 497 g/mol. The zero-order chi connectivity index (χ0) is 25.8. The summed E-state index contributed by atoms with van der Waals surface area (Å²) in [6.45, 7) is 2.17. The van der Waals surface area contributed by atoms with Gasteiger partial charge in [0.05, 0.1) is 19.3 Å². The summed E-state index contributed by atoms with van der Waals surface area (Å²) >= 11 is 0. The van der Waals surface area contributed by atoms with Crippen molar-refractivity contribution in [3.63, 3.8) is 0 Å². The Balaban J connectivity index is 1.32. The molecule has 3 rings (SSSR count). The number of benzene rings is 1. The maximum absolute atomic E-state index is 12.6. The van der Waals surface area contributed by atoms with E-state index < -0.39 is 0 Å². The van der Waals surface area contributed by atoms with E-state index in [0.717, 1.165) is 75.5 Å². The van der Waals surface area contributed by atoms with E-state index in [-0.39, 0.29) is 29.9 Å². The molecule has 5 nitrogen and oxygen atoms in total. The lowest BCUT2D eigenvalue weighted by atomic mass is 9.89. The molecule has 0 bridgehead atoms. The number of unbranched alkanes of at least 4 members (excludes halogenated alkanes) is 5. The van der Waals surface area contributed by atoms with Crippen LogP contribution in [-0.2, 0) is 9.59 Å². The lowest BCUT2D eigenvalue weighted by Crippen LogP contribution is -2.29. The van der Waals surface area contributed by atoms with E-state index in [4.69, 9.17) is 4.74 Å². The second-order valence-electron chi connectivity index (χ2n) is 10.8. The number of carbonyl (C=O) groups is 2. The van der Waals surface area contributed by atoms with E-state index in [1.54, 1.807) is 7.11 Å². The van der Waals surface area contributed by atoms with Gasteiger partial charge in [0, 0.05) is 18.8 Å². The molecule has 0 saturated heterocycles. The van der Waals surface area contributed by atoms with Crippen LogP contribution >= 0.6 is 0 Å². The second-order valence-corrected chi connectivity index (χ2v) is 10.8. The largest absolute Gasteiger partial charge is 0.497 e. The number of amides is 1. The molecule has 1 unspecified atom stereocenters. The molecular formula is C31H47NO4. The smallest absolute Gasteiger partial charge is 0.220 e. The first-order valence-electron chi connectivity index (χ1n) is 14.3. The SMILES string of the molecule is CCCCC[C@H](O)C=C[C@H]1CCC(=O)[C@@H]1CCCCCCC(=O)NC(c1ccc(OC)cc1)C1CC1. The molecule has 0 heterocycles. The molecule has 200 valence electrons. The van der Waals surface area contributed by atoms with Gasteiger partial charge in [0.15, 0.2) is 0 Å². The molecule has 0 aromatic heterocycles. The summed E-state index contributed by atoms with van der Waals surface area (Å²) in [5.41, 5.74) is 1.16. The van der Waals surface area contributed by atoms with Gasteiger partial charge in [-0.05, 0) is 68.1 Å². The topological polar surface area (TPSA) is 75.6 Å². The number of aliphatic hydroxyl groups excluding tert-OH is 1. The predicted molar refractivity (Wildman–Crippen MR) is 145 cm³/mol. The van der Waals surface area contributed by atoms with Crippen molar-refractivity contribution in [1.29, 1.82) is 0 Å². The number of carbonyl (C=O) groups excluding carboxylic acids is 2. The van der Waals surface area contributed by atoms with Gasteiger partial charge < -0.3 is 15.2 Å². The second kappa shape index (κ2) is 15.2. The van der Waals surface area contributed by atoms with Crippen molar-refractivity contribution in [1.82, 2.24) is 5.32 Å². The van der Waals surface area contributed by atoms with Crippen LogP contribution in [0, 0.1) is 17.8 Å². The molecule has 2 N–H and O–H groups in total. The number of hydrogen-bond acceptors (Lipinski definition) is 4. The Morgan fingerprint density at radius 3 is 2.53 bits per heavy atom. The average molecular weight is 498 g/mol. The van der Waals surface area contributed by atoms with Crippen molar-refractivity contribution < 1.29 is 19.4 Å². The third kappa shape index (κ3) is 9.38. The zero-order valence-electron chi connectivity index (χ0n) is 22.4. The van der Waals surface area contributed by atoms with E-state index in [1.165, 1.54) is 12.8 Å². The molecule has 5 heteroatoms. The van der Waals surface area contributed by atoms with Gasteiger partial charge in [-0.3, -0.25) is 9.59 Å². The van der Waals surface area contributed by atoms with Crippen LogP contribution in [0.1, 0.15) is 108 Å². The Morgan fingerprint density at radius 1 is 1.08 bits per heavy atom. The Labute approximate surface area is 218 Å². The molecule has 4 atom stereocenters. The van der Waals surface area contributed by atoms with Gasteiger partial charge in [-0.25, -0.2) is 0 Å². The van der Waals surface area contributed by atoms with Crippen molar-refractivity contribution in [3.8, 4) is 5.75 Å². The fraction of sp³-hybridized carbons (Fsp3) is 0.677. The summed E-state index contributed by atoms with van der Waals surface area (Å²) in [4.78, 5) is 25.0. The number of allylic oxidation sites excluding steroid dienone is 1. The van der Waals surface area contributed by atoms with Crippen molar-refractivity contribution >= 4 is 11.7 Å². The fourth-order valence-electron chi connectivity index (χ4n) is 5.47. The summed E-state index contributed by atoms with van der Waals surface area (Å²) < 4.78 is 5.25. The van der Waals surface area contributed by atoms with E-state index in [0.29, 0.717) is 24.5 Å². The van der Waals surface area contributed by atoms with Gasteiger partial charge >= 0.3 is 0 Å². The maximum atomic E-state index is 12.6. The highest BCUT2D eigenvalue weighted by molar-refractivity contribution is 5.83. The van der Waals surface area contributed by atoms with Crippen LogP contribution in [0.15, 0.2) is 36.4 Å². The minimum Gasteiger partial charge on any atom is -0.497 e. The van der Waals surface area contributed by atoms with Gasteiger partial charge in [0.1, 0.15) is 11.5 Å². The minimum absolute atomic E-state index is 0.104. The van der Waals surface area contributed by atoms with E-state index >= 15 is 0 Å². The maximum Gasteiger partial charge on any atom is 0.220 e. The summed E-state index contributed by atoms with van der Waals surface area (Å²) in [5, 5.41) is 13.4. The predicted octanol–water partition coefficient (Wildman–Crippen LogP) is 6.70. The molecular weight excluding hydrogens is 450 g/mol. The van der Waals surface area contributed by atoms with Crippen LogP contribution in [0.3, 0.4) is 0 Å². The third-order valence-corrected chi connectivity index (χ3v) is 7.89. The molecule has 36 heavy (non-hydrogen) atoms. The van der Waals surface area contributed by atoms with Crippen molar-refractivity contribution in [2.45, 2.75) is 109 Å². The first kappa shape index (κ1) is 28.4. The number of aliphatic hydroxyl groups is 1. The van der Waals surface area contributed by atoms with Crippen LogP contribution < -0.4 is 10.1 Å². The number of methoxy groups -OCH3 is 1. The minimum atomic E-state index is -0.386. The van der Waals surface area contributed by atoms with Gasteiger partial charge in [-0.2, -0.15) is 0 Å². The molecule has 1 aromatic carbocycles. The Kier molecular flexibility index (Phi) is 12.0. The van der Waals surface area contributed by atoms with Crippen molar-refractivity contribution in [2.24, 2.45) is 17.8 Å². The standard InChI is InChI=1S/C31H47NO4/c1-3-4-7-10-26(33)19-15-23-18-22-29(34)28(23)11-8-5-6-9-12-30(35)32-31(24-13-14-24)25-16-20-27(36-2)21-17-25/h15-17,19-21,23-24,26,28,31,33H,3-14,18,22H2,1-2H3,(H,32,35)/t23-,26-,28+,31?/m0/s1. The molecule has 0 radical (unpaired) electrons. The third-order valence-electron chi connectivity index (χ3n) is 7.89. The summed E-state index contributed by atoms with van der Waals surface area (Å²) in [5.74, 6) is 2.29. The summed E-state index contributed by atoms with van der Waals surface area (Å²) in [6, 6.07) is 8.14. The first-order chi connectivity index (χ1) is 17.5. The van der Waals surface area contributed by atoms with Crippen LogP contribution in [0.5, 0.6) is 5.75 Å². The Bertz CT molecular complexity index is 829. The number of hydrogen-bond donors (Lipinski definition) is 2. The molecule has 0 spiro atoms. The highest BCUT2D eigenvalue weighted by Crippen LogP contribution is 2.41. The van der Waals surface area contributed by atoms with Crippen LogP contribution in [0.25, 0.3) is 0 Å². The average Bonchev–Trinajstić information content (AvgIpc) is 3.67. The van der Waals surface area contributed by atoms with Crippen molar-refractivity contribution in [2.75, 3.05) is 7.11 Å². The number of ether oxygens (including phenoxy) is 1. The zero-order valence-corrected chi connectivity index (χ0v) is 22.4. The lowest BCUT2D eigenvalue weighted by molar-refractivity contribution is -0.122. The van der Waals surface area contributed by atoms with Crippen molar-refractivity contribution in [3.05, 3.63) is 42.0 Å². The molecule has 2 fully saturated rings. The molecule has 0 aliphatic heterocycles. The molecule has 2 saturated carbocycles. The van der Waals surface area contributed by atoms with Crippen LogP contribution in [-0.4, -0.2) is 30.0 Å². The van der Waals surface area contributed by atoms with Gasteiger partial charge in [-0.1, -0.05) is 69.7 Å². The van der Waals surface area contributed by atoms with Crippen LogP contribution in [0.4, 0.5) is 0 Å². The van der Waals surface area contributed by atoms with Gasteiger partial charge in [0.25, 0.3) is 0 Å². The molecule has 1 aromatic rings. The fourth-order valence-corrected chi connectivity index (χ4v) is 5.47. The van der Waals surface area contributed by atoms with Gasteiger partial charge in [-0.15, -0.1) is 0 Å². The normalized spacial score (nSPS) is 21.6. The lowest BCUT2D eigenvalue weighted by Gasteiger charge is -2.19. The summed E-state index contributed by atoms with van der Waals surface area (Å²) in [6.07, 6.45) is 17.2.